The van der Waals surface area contributed by atoms with Crippen molar-refractivity contribution in [2.75, 3.05) is 89.3 Å². The zero-order valence-electron chi connectivity index (χ0n) is 27.5. The Balaban J connectivity index is 1.18. The minimum atomic E-state index is -2.76. The van der Waals surface area contributed by atoms with Crippen LogP contribution in [0, 0.1) is 12.3 Å². The normalized spacial score (nSPS) is 16.6. The molecule has 0 saturated carbocycles. The van der Waals surface area contributed by atoms with E-state index in [1.165, 1.54) is 37.8 Å². The summed E-state index contributed by atoms with van der Waals surface area (Å²) in [5.74, 6) is 1.43. The quantitative estimate of drug-likeness (QED) is 0.207. The number of hydrogen-bond acceptors (Lipinski definition) is 11. The fourth-order valence-corrected chi connectivity index (χ4v) is 8.19. The maximum Gasteiger partial charge on any atom is 0.229 e. The Labute approximate surface area is 276 Å². The molecule has 46 heavy (non-hydrogen) atoms. The second-order valence-corrected chi connectivity index (χ2v) is 16.8. The standard InChI is InChI=1S/C33H43ClN9O2P/c1-22-17-26(28(45-4)18-27(22)43-13-9-33(10-14-43)20-42(21-33)16-15-41(2)3)39-32-37-19-23(34)31(40-32)38-25-8-7-24-29(36-12-11-35-24)30(25)46(5,6)44/h7-8,11-12,17-19H,9-10,13-16,20-21H2,1-6H3,(H2,37,38,39,40). The first-order valence-corrected chi connectivity index (χ1v) is 18.6. The molecule has 2 aromatic heterocycles. The predicted molar refractivity (Wildman–Crippen MR) is 189 cm³/mol. The molecule has 2 fully saturated rings. The van der Waals surface area contributed by atoms with Gasteiger partial charge in [-0.15, -0.1) is 0 Å². The summed E-state index contributed by atoms with van der Waals surface area (Å²) in [5.41, 5.74) is 5.43. The first kappa shape index (κ1) is 32.4. The second-order valence-electron chi connectivity index (χ2n) is 13.2. The summed E-state index contributed by atoms with van der Waals surface area (Å²) in [7, 11) is 3.19. The van der Waals surface area contributed by atoms with Crippen LogP contribution < -0.4 is 25.6 Å². The van der Waals surface area contributed by atoms with Gasteiger partial charge < -0.3 is 34.6 Å². The number of hydrogen-bond donors (Lipinski definition) is 2. The van der Waals surface area contributed by atoms with Crippen molar-refractivity contribution >= 4 is 63.9 Å². The fourth-order valence-electron chi connectivity index (χ4n) is 6.66. The molecule has 4 aromatic rings. The number of nitrogens with one attached hydrogen (secondary N) is 2. The zero-order chi connectivity index (χ0) is 32.6. The largest absolute Gasteiger partial charge is 0.494 e. The van der Waals surface area contributed by atoms with E-state index in [0.29, 0.717) is 50.0 Å². The molecule has 4 heterocycles. The molecule has 0 aliphatic carbocycles. The third-order valence-electron chi connectivity index (χ3n) is 9.06. The Hall–Kier alpha value is -3.50. The zero-order valence-corrected chi connectivity index (χ0v) is 29.1. The van der Waals surface area contributed by atoms with E-state index in [1.54, 1.807) is 32.8 Å². The van der Waals surface area contributed by atoms with Gasteiger partial charge in [-0.25, -0.2) is 4.98 Å². The van der Waals surface area contributed by atoms with Gasteiger partial charge in [-0.2, -0.15) is 4.98 Å². The molecule has 0 amide bonds. The van der Waals surface area contributed by atoms with Crippen molar-refractivity contribution in [3.8, 4) is 5.75 Å². The van der Waals surface area contributed by atoms with Crippen molar-refractivity contribution in [3.63, 3.8) is 0 Å². The molecule has 6 rings (SSSR count). The van der Waals surface area contributed by atoms with Gasteiger partial charge in [0.05, 0.1) is 35.5 Å². The summed E-state index contributed by atoms with van der Waals surface area (Å²) in [4.78, 5) is 25.3. The minimum absolute atomic E-state index is 0.325. The van der Waals surface area contributed by atoms with Crippen LogP contribution in [-0.2, 0) is 4.57 Å². The molecule has 2 N–H and O–H groups in total. The van der Waals surface area contributed by atoms with E-state index in [1.807, 2.05) is 12.1 Å². The van der Waals surface area contributed by atoms with Crippen LogP contribution in [-0.4, -0.2) is 104 Å². The fraction of sp³-hybridized carbons (Fsp3) is 0.455. The average Bonchev–Trinajstić information content (AvgIpc) is 3.00. The number of benzene rings is 2. The number of halogens is 1. The van der Waals surface area contributed by atoms with Crippen molar-refractivity contribution < 1.29 is 9.30 Å². The molecule has 13 heteroatoms. The SMILES string of the molecule is COc1cc(N2CCC3(CC2)CN(CCN(C)C)C3)c(C)cc1Nc1ncc(Cl)c(Nc2ccc3nccnc3c2P(C)(C)=O)n1. The summed E-state index contributed by atoms with van der Waals surface area (Å²) in [6, 6.07) is 7.86. The summed E-state index contributed by atoms with van der Waals surface area (Å²) < 4.78 is 19.2. The number of likely N-dealkylation sites (tertiary alicyclic amines) is 1. The Morgan fingerprint density at radius 3 is 2.48 bits per heavy atom. The lowest BCUT2D eigenvalue weighted by Crippen LogP contribution is -2.61. The Kier molecular flexibility index (Phi) is 9.13. The summed E-state index contributed by atoms with van der Waals surface area (Å²) in [6.45, 7) is 12.3. The van der Waals surface area contributed by atoms with E-state index in [-0.39, 0.29) is 0 Å². The second kappa shape index (κ2) is 13.0. The van der Waals surface area contributed by atoms with Crippen LogP contribution in [0.5, 0.6) is 5.75 Å². The Morgan fingerprint density at radius 1 is 1.04 bits per heavy atom. The third-order valence-corrected chi connectivity index (χ3v) is 10.9. The monoisotopic (exact) mass is 663 g/mol. The highest BCUT2D eigenvalue weighted by Crippen LogP contribution is 2.44. The molecule has 2 aliphatic heterocycles. The van der Waals surface area contributed by atoms with E-state index in [0.717, 1.165) is 37.4 Å². The Morgan fingerprint density at radius 2 is 1.78 bits per heavy atom. The number of aromatic nitrogens is 4. The van der Waals surface area contributed by atoms with Gasteiger partial charge in [0.15, 0.2) is 5.82 Å². The number of aryl methyl sites for hydroxylation is 1. The molecule has 2 aromatic carbocycles. The molecule has 0 unspecified atom stereocenters. The van der Waals surface area contributed by atoms with E-state index in [4.69, 9.17) is 16.3 Å². The molecule has 11 nitrogen and oxygen atoms in total. The minimum Gasteiger partial charge on any atom is -0.494 e. The number of ether oxygens (including phenoxy) is 1. The molecule has 0 radical (unpaired) electrons. The number of methoxy groups -OCH3 is 1. The lowest BCUT2D eigenvalue weighted by atomic mass is 9.72. The van der Waals surface area contributed by atoms with Crippen molar-refractivity contribution in [1.29, 1.82) is 0 Å². The van der Waals surface area contributed by atoms with E-state index in [2.05, 4.69) is 78.4 Å². The van der Waals surface area contributed by atoms with Crippen molar-refractivity contribution in [3.05, 3.63) is 53.4 Å². The highest BCUT2D eigenvalue weighted by molar-refractivity contribution is 7.71. The predicted octanol–water partition coefficient (Wildman–Crippen LogP) is 5.59. The third kappa shape index (κ3) is 6.79. The van der Waals surface area contributed by atoms with Gasteiger partial charge in [0.1, 0.15) is 23.4 Å². The highest BCUT2D eigenvalue weighted by atomic mass is 35.5. The molecule has 2 aliphatic rings. The van der Waals surface area contributed by atoms with Gasteiger partial charge >= 0.3 is 0 Å². The Bertz CT molecular complexity index is 1780. The summed E-state index contributed by atoms with van der Waals surface area (Å²) in [5, 5.41) is 7.53. The van der Waals surface area contributed by atoms with E-state index < -0.39 is 7.14 Å². The van der Waals surface area contributed by atoms with Gasteiger partial charge in [-0.05, 0) is 76.4 Å². The summed E-state index contributed by atoms with van der Waals surface area (Å²) in [6.07, 6.45) is 7.17. The van der Waals surface area contributed by atoms with Gasteiger partial charge in [0, 0.05) is 63.4 Å². The first-order valence-electron chi connectivity index (χ1n) is 15.6. The maximum atomic E-state index is 13.4. The molecule has 2 saturated heterocycles. The van der Waals surface area contributed by atoms with Crippen LogP contribution in [0.1, 0.15) is 18.4 Å². The van der Waals surface area contributed by atoms with Crippen molar-refractivity contribution in [2.45, 2.75) is 19.8 Å². The number of piperidine rings is 1. The van der Waals surface area contributed by atoms with Gasteiger partial charge in [0.25, 0.3) is 0 Å². The molecule has 1 spiro atoms. The van der Waals surface area contributed by atoms with Crippen LogP contribution in [0.15, 0.2) is 42.9 Å². The topological polar surface area (TPSA) is 112 Å². The number of nitrogens with zero attached hydrogens (tertiary/aromatic N) is 7. The number of anilines is 5. The van der Waals surface area contributed by atoms with Crippen LogP contribution in [0.25, 0.3) is 11.0 Å². The number of likely N-dealkylation sites (N-methyl/N-ethyl adjacent to an activating group) is 1. The maximum absolute atomic E-state index is 13.4. The average molecular weight is 664 g/mol. The van der Waals surface area contributed by atoms with E-state index >= 15 is 0 Å². The number of fused-ring (bicyclic) bond motifs is 1. The molecule has 0 atom stereocenters. The van der Waals surface area contributed by atoms with Crippen LogP contribution in [0.3, 0.4) is 0 Å². The highest BCUT2D eigenvalue weighted by Gasteiger charge is 2.44. The lowest BCUT2D eigenvalue weighted by Gasteiger charge is -2.54. The smallest absolute Gasteiger partial charge is 0.229 e. The van der Waals surface area contributed by atoms with E-state index in [9.17, 15) is 4.57 Å². The molecular formula is C33H43ClN9O2P. The lowest BCUT2D eigenvalue weighted by molar-refractivity contribution is -0.0207. The van der Waals surface area contributed by atoms with Crippen LogP contribution in [0.2, 0.25) is 5.02 Å². The van der Waals surface area contributed by atoms with Gasteiger partial charge in [0.2, 0.25) is 5.95 Å². The summed E-state index contributed by atoms with van der Waals surface area (Å²) >= 11 is 6.55. The van der Waals surface area contributed by atoms with Gasteiger partial charge in [-0.3, -0.25) is 9.97 Å². The number of rotatable bonds is 10. The van der Waals surface area contributed by atoms with Gasteiger partial charge in [-0.1, -0.05) is 11.6 Å². The first-order chi connectivity index (χ1) is 21.9. The van der Waals surface area contributed by atoms with Crippen LogP contribution >= 0.6 is 18.7 Å². The van der Waals surface area contributed by atoms with Crippen molar-refractivity contribution in [2.24, 2.45) is 5.41 Å². The molecule has 244 valence electrons. The van der Waals surface area contributed by atoms with Crippen LogP contribution in [0.4, 0.5) is 28.8 Å². The molecule has 0 bridgehead atoms. The van der Waals surface area contributed by atoms with Crippen molar-refractivity contribution in [1.82, 2.24) is 29.7 Å². The molecular weight excluding hydrogens is 621 g/mol.